The van der Waals surface area contributed by atoms with Gasteiger partial charge in [0.25, 0.3) is 0 Å². The smallest absolute Gasteiger partial charge is 0.330 e. The van der Waals surface area contributed by atoms with E-state index < -0.39 is 17.1 Å². The van der Waals surface area contributed by atoms with Crippen LogP contribution in [0.1, 0.15) is 56.4 Å². The average molecular weight is 506 g/mol. The second-order valence-electron chi connectivity index (χ2n) is 3.84. The summed E-state index contributed by atoms with van der Waals surface area (Å²) < 4.78 is 0. The number of nitriles is 1. The van der Waals surface area contributed by atoms with Crippen LogP contribution in [0.2, 0.25) is 15.9 Å². The van der Waals surface area contributed by atoms with Gasteiger partial charge >= 0.3 is 17.1 Å². The lowest BCUT2D eigenvalue weighted by molar-refractivity contribution is -0.117. The lowest BCUT2D eigenvalue weighted by Gasteiger charge is -1.88. The summed E-state index contributed by atoms with van der Waals surface area (Å²) in [4.78, 5) is 55.9. The molecule has 0 spiro atoms. The van der Waals surface area contributed by atoms with E-state index >= 15 is 0 Å². The number of hydrogen-bond acceptors (Lipinski definition) is 8. The van der Waals surface area contributed by atoms with Crippen LogP contribution in [-0.2, 0) is 4.79 Å². The van der Waals surface area contributed by atoms with Crippen molar-refractivity contribution in [1.29, 1.82) is 5.26 Å². The second kappa shape index (κ2) is 25.3. The molecular formula is C16H31Cl3N8O4. The Hall–Kier alpha value is -2.75. The van der Waals surface area contributed by atoms with Crippen molar-refractivity contribution >= 4 is 40.7 Å². The molecule has 2 heterocycles. The summed E-state index contributed by atoms with van der Waals surface area (Å²) in [5.74, 6) is -0.245. The highest BCUT2D eigenvalue weighted by Gasteiger charge is 1.97. The summed E-state index contributed by atoms with van der Waals surface area (Å²) in [6.45, 7) is 3.54. The average Bonchev–Trinajstić information content (AvgIpc) is 2.53. The number of hydrogen-bond donors (Lipinski definition) is 4. The van der Waals surface area contributed by atoms with E-state index in [0.717, 1.165) is 0 Å². The highest BCUT2D eigenvalue weighted by atomic mass is 35.5. The van der Waals surface area contributed by atoms with Crippen LogP contribution >= 0.6 is 34.8 Å². The van der Waals surface area contributed by atoms with E-state index in [1.54, 1.807) is 21.9 Å². The molecule has 0 aliphatic carbocycles. The standard InChI is InChI=1S/C3Cl3N3.C3H3N3O3.C3H7NO.C3H5N.4CH4/c4-1-7-2(5)9-3(6)8-1;7-1-4-2(8)6-3(9)5-1;1-2-3(4)5;1-2-3-4;;;;/h;(H3,4,5,6,7,8,9);2H2,1H3,(H2,4,5);2H2,1H3;4*1H4. The molecule has 0 fully saturated rings. The van der Waals surface area contributed by atoms with Crippen molar-refractivity contribution in [3.63, 3.8) is 0 Å². The molecule has 2 aromatic rings. The molecule has 0 saturated carbocycles. The Labute approximate surface area is 196 Å². The van der Waals surface area contributed by atoms with Gasteiger partial charge < -0.3 is 5.73 Å². The fraction of sp³-hybridized carbons (Fsp3) is 0.500. The number of primary amides is 1. The van der Waals surface area contributed by atoms with Crippen molar-refractivity contribution < 1.29 is 4.79 Å². The van der Waals surface area contributed by atoms with Crippen LogP contribution in [0.15, 0.2) is 14.4 Å². The summed E-state index contributed by atoms with van der Waals surface area (Å²) in [5.41, 5.74) is 2.25. The van der Waals surface area contributed by atoms with E-state index in [4.69, 9.17) is 40.1 Å². The molecule has 2 rings (SSSR count). The largest absolute Gasteiger partial charge is 0.370 e. The Balaban J connectivity index is -0.0000000677. The summed E-state index contributed by atoms with van der Waals surface area (Å²) in [6.07, 6.45) is 1.07. The molecular weight excluding hydrogens is 475 g/mol. The number of amides is 1. The van der Waals surface area contributed by atoms with Crippen molar-refractivity contribution in [1.82, 2.24) is 29.9 Å². The van der Waals surface area contributed by atoms with Gasteiger partial charge in [-0.25, -0.2) is 14.4 Å². The lowest BCUT2D eigenvalue weighted by Crippen LogP contribution is -2.34. The zero-order valence-corrected chi connectivity index (χ0v) is 16.3. The Morgan fingerprint density at radius 1 is 0.839 bits per heavy atom. The van der Waals surface area contributed by atoms with Crippen molar-refractivity contribution in [2.45, 2.75) is 56.4 Å². The molecule has 31 heavy (non-hydrogen) atoms. The van der Waals surface area contributed by atoms with Crippen LogP contribution in [0.4, 0.5) is 0 Å². The second-order valence-corrected chi connectivity index (χ2v) is 4.85. The maximum atomic E-state index is 10.2. The van der Waals surface area contributed by atoms with Crippen molar-refractivity contribution in [3.05, 3.63) is 47.3 Å². The van der Waals surface area contributed by atoms with Gasteiger partial charge in [0.2, 0.25) is 21.8 Å². The number of aromatic nitrogens is 6. The normalized spacial score (nSPS) is 7.35. The van der Waals surface area contributed by atoms with Crippen molar-refractivity contribution in [2.75, 3.05) is 0 Å². The molecule has 0 radical (unpaired) electrons. The predicted molar refractivity (Wildman–Crippen MR) is 125 cm³/mol. The van der Waals surface area contributed by atoms with Crippen LogP contribution in [0.3, 0.4) is 0 Å². The summed E-state index contributed by atoms with van der Waals surface area (Å²) >= 11 is 16.0. The van der Waals surface area contributed by atoms with Gasteiger partial charge in [-0.05, 0) is 34.8 Å². The minimum Gasteiger partial charge on any atom is -0.370 e. The maximum absolute atomic E-state index is 10.2. The molecule has 15 heteroatoms. The van der Waals surface area contributed by atoms with E-state index in [1.165, 1.54) is 0 Å². The predicted octanol–water partition coefficient (Wildman–Crippen LogP) is 2.93. The van der Waals surface area contributed by atoms with Crippen molar-refractivity contribution in [2.24, 2.45) is 5.73 Å². The summed E-state index contributed by atoms with van der Waals surface area (Å²) in [6, 6.07) is 1.93. The lowest BCUT2D eigenvalue weighted by atomic mass is 10.5. The molecule has 0 aliphatic rings. The molecule has 1 amide bonds. The highest BCUT2D eigenvalue weighted by Crippen LogP contribution is 2.08. The Kier molecular flexibility index (Phi) is 34.6. The molecule has 0 bridgehead atoms. The highest BCUT2D eigenvalue weighted by molar-refractivity contribution is 6.33. The molecule has 0 unspecified atom stereocenters. The number of aromatic amines is 3. The zero-order valence-electron chi connectivity index (χ0n) is 14.0. The third kappa shape index (κ3) is 29.5. The molecule has 180 valence electrons. The van der Waals surface area contributed by atoms with Gasteiger partial charge in [0.05, 0.1) is 6.07 Å². The molecule has 2 aromatic heterocycles. The quantitative estimate of drug-likeness (QED) is 0.452. The molecule has 0 saturated heterocycles. The SMILES string of the molecule is C.C.C.C.CCC#N.CCC(N)=O.Clc1nc(Cl)nc(Cl)n1.O=c1[nH]c(=O)[nH]c(=O)[nH]1. The van der Waals surface area contributed by atoms with Gasteiger partial charge in [-0.3, -0.25) is 19.7 Å². The summed E-state index contributed by atoms with van der Waals surface area (Å²) in [5, 5.41) is 7.63. The third-order valence-corrected chi connectivity index (χ3v) is 2.25. The number of H-pyrrole nitrogens is 3. The van der Waals surface area contributed by atoms with E-state index in [2.05, 4.69) is 20.7 Å². The molecule has 0 atom stereocenters. The van der Waals surface area contributed by atoms with Crippen LogP contribution in [0.5, 0.6) is 0 Å². The first kappa shape index (κ1) is 42.4. The first-order valence-electron chi connectivity index (χ1n) is 6.86. The van der Waals surface area contributed by atoms with E-state index in [-0.39, 0.29) is 51.5 Å². The molecule has 12 nitrogen and oxygen atoms in total. The van der Waals surface area contributed by atoms with E-state index in [1.807, 2.05) is 13.0 Å². The van der Waals surface area contributed by atoms with Gasteiger partial charge in [-0.1, -0.05) is 43.6 Å². The monoisotopic (exact) mass is 504 g/mol. The van der Waals surface area contributed by atoms with Gasteiger partial charge in [0.1, 0.15) is 0 Å². The number of halogens is 3. The Bertz CT molecular complexity index is 793. The number of nitrogens with zero attached hydrogens (tertiary/aromatic N) is 4. The summed E-state index contributed by atoms with van der Waals surface area (Å²) in [7, 11) is 0. The molecule has 5 N–H and O–H groups in total. The fourth-order valence-electron chi connectivity index (χ4n) is 0.706. The first-order chi connectivity index (χ1) is 12.5. The van der Waals surface area contributed by atoms with Gasteiger partial charge in [-0.2, -0.15) is 20.2 Å². The van der Waals surface area contributed by atoms with E-state index in [0.29, 0.717) is 12.8 Å². The number of rotatable bonds is 1. The third-order valence-electron chi connectivity index (χ3n) is 1.74. The van der Waals surface area contributed by atoms with Crippen molar-refractivity contribution in [3.8, 4) is 6.07 Å². The number of nitrogens with two attached hydrogens (primary N) is 1. The number of nitrogens with one attached hydrogen (secondary N) is 3. The van der Waals surface area contributed by atoms with Crippen LogP contribution in [-0.4, -0.2) is 35.8 Å². The van der Waals surface area contributed by atoms with Crippen LogP contribution < -0.4 is 22.8 Å². The Morgan fingerprint density at radius 3 is 1.16 bits per heavy atom. The first-order valence-corrected chi connectivity index (χ1v) is 7.99. The minimum absolute atomic E-state index is 0. The zero-order chi connectivity index (χ0) is 21.4. The molecule has 0 aromatic carbocycles. The van der Waals surface area contributed by atoms with Crippen LogP contribution in [0, 0.1) is 11.3 Å². The fourth-order valence-corrected chi connectivity index (χ4v) is 1.32. The van der Waals surface area contributed by atoms with Crippen LogP contribution in [0.25, 0.3) is 0 Å². The van der Waals surface area contributed by atoms with E-state index in [9.17, 15) is 19.2 Å². The minimum atomic E-state index is -0.802. The van der Waals surface area contributed by atoms with Gasteiger partial charge in [-0.15, -0.1) is 0 Å². The van der Waals surface area contributed by atoms with Gasteiger partial charge in [0, 0.05) is 12.8 Å². The molecule has 0 aliphatic heterocycles. The van der Waals surface area contributed by atoms with Gasteiger partial charge in [0.15, 0.2) is 0 Å². The number of carbonyl (C=O) groups excluding carboxylic acids is 1. The maximum Gasteiger partial charge on any atom is 0.330 e. The Morgan fingerprint density at radius 2 is 1.03 bits per heavy atom. The number of carbonyl (C=O) groups is 1. The topological polar surface area (TPSA) is 204 Å².